The molecule has 1 aliphatic rings. The largest absolute Gasteiger partial charge is 0.313 e. The average molecular weight is 261 g/mol. The van der Waals surface area contributed by atoms with Gasteiger partial charge in [0.1, 0.15) is 0 Å². The van der Waals surface area contributed by atoms with E-state index >= 15 is 0 Å². The second-order valence-corrected chi connectivity index (χ2v) is 6.47. The highest BCUT2D eigenvalue weighted by Crippen LogP contribution is 2.23. The van der Waals surface area contributed by atoms with Gasteiger partial charge in [0.25, 0.3) is 0 Å². The van der Waals surface area contributed by atoms with E-state index in [1.807, 2.05) is 0 Å². The van der Waals surface area contributed by atoms with Crippen LogP contribution >= 0.6 is 0 Å². The highest BCUT2D eigenvalue weighted by molar-refractivity contribution is 5.15. The number of likely N-dealkylation sites (N-methyl/N-ethyl adjacent to an activating group) is 1. The number of hydrogen-bond acceptors (Lipinski definition) is 3. The summed E-state index contributed by atoms with van der Waals surface area (Å²) < 4.78 is 0. The Balaban J connectivity index is 2.14. The van der Waals surface area contributed by atoms with E-state index in [4.69, 9.17) is 0 Å². The van der Waals surface area contributed by atoms with Crippen LogP contribution in [0.3, 0.4) is 0 Å². The van der Waals surface area contributed by atoms with E-state index in [0.29, 0.717) is 6.04 Å². The molecule has 0 saturated carbocycles. The van der Waals surface area contributed by atoms with Crippen LogP contribution in [-0.4, -0.2) is 55.1 Å². The van der Waals surface area contributed by atoms with E-state index in [1.165, 1.54) is 5.56 Å². The second-order valence-electron chi connectivity index (χ2n) is 6.47. The van der Waals surface area contributed by atoms with Crippen molar-refractivity contribution in [2.45, 2.75) is 32.0 Å². The molecule has 1 N–H and O–H groups in total. The summed E-state index contributed by atoms with van der Waals surface area (Å²) in [6.45, 7) is 8.95. The number of benzene rings is 1. The van der Waals surface area contributed by atoms with E-state index < -0.39 is 0 Å². The van der Waals surface area contributed by atoms with E-state index in [2.05, 4.69) is 73.4 Å². The summed E-state index contributed by atoms with van der Waals surface area (Å²) in [6, 6.07) is 11.4. The first kappa shape index (κ1) is 14.5. The van der Waals surface area contributed by atoms with Gasteiger partial charge in [-0.3, -0.25) is 4.90 Å². The van der Waals surface area contributed by atoms with Crippen LogP contribution in [0.25, 0.3) is 0 Å². The van der Waals surface area contributed by atoms with Crippen LogP contribution in [0.5, 0.6) is 0 Å². The van der Waals surface area contributed by atoms with Crippen molar-refractivity contribution in [3.63, 3.8) is 0 Å². The summed E-state index contributed by atoms with van der Waals surface area (Å²) in [5.41, 5.74) is 1.61. The second kappa shape index (κ2) is 6.04. The van der Waals surface area contributed by atoms with Gasteiger partial charge < -0.3 is 10.2 Å². The molecule has 1 aliphatic heterocycles. The van der Waals surface area contributed by atoms with E-state index in [-0.39, 0.29) is 5.54 Å². The molecule has 0 radical (unpaired) electrons. The van der Waals surface area contributed by atoms with Crippen LogP contribution in [0.2, 0.25) is 0 Å². The van der Waals surface area contributed by atoms with Gasteiger partial charge in [0, 0.05) is 37.8 Å². The van der Waals surface area contributed by atoms with Gasteiger partial charge >= 0.3 is 0 Å². The summed E-state index contributed by atoms with van der Waals surface area (Å²) in [4.78, 5) is 4.94. The monoisotopic (exact) mass is 261 g/mol. The van der Waals surface area contributed by atoms with Gasteiger partial charge in [-0.1, -0.05) is 30.3 Å². The third-order valence-electron chi connectivity index (χ3n) is 3.93. The average Bonchev–Trinajstić information content (AvgIpc) is 2.34. The molecule has 1 heterocycles. The summed E-state index contributed by atoms with van der Waals surface area (Å²) in [5, 5.41) is 3.58. The molecule has 3 heteroatoms. The fourth-order valence-electron chi connectivity index (χ4n) is 2.96. The third kappa shape index (κ3) is 3.78. The Morgan fingerprint density at radius 1 is 1.26 bits per heavy atom. The molecule has 1 unspecified atom stereocenters. The maximum atomic E-state index is 3.58. The molecule has 106 valence electrons. The third-order valence-corrected chi connectivity index (χ3v) is 3.93. The molecule has 0 aromatic heterocycles. The molecule has 2 rings (SSSR count). The van der Waals surface area contributed by atoms with Gasteiger partial charge in [-0.25, -0.2) is 0 Å². The Morgan fingerprint density at radius 3 is 2.58 bits per heavy atom. The minimum Gasteiger partial charge on any atom is -0.313 e. The Bertz CT molecular complexity index is 386. The molecule has 0 amide bonds. The number of nitrogens with zero attached hydrogens (tertiary/aromatic N) is 2. The molecule has 3 nitrogen and oxygen atoms in total. The molecule has 0 bridgehead atoms. The Hall–Kier alpha value is -0.900. The Labute approximate surface area is 117 Å². The predicted octanol–water partition coefficient (Wildman–Crippen LogP) is 1.80. The van der Waals surface area contributed by atoms with Crippen LogP contribution in [0.4, 0.5) is 0 Å². The van der Waals surface area contributed by atoms with Crippen molar-refractivity contribution in [3.8, 4) is 0 Å². The van der Waals surface area contributed by atoms with Crippen molar-refractivity contribution in [3.05, 3.63) is 35.9 Å². The molecule has 1 saturated heterocycles. The van der Waals surface area contributed by atoms with Crippen molar-refractivity contribution in [1.82, 2.24) is 15.1 Å². The van der Waals surface area contributed by atoms with Crippen LogP contribution in [0.1, 0.15) is 19.4 Å². The van der Waals surface area contributed by atoms with Crippen molar-refractivity contribution in [2.75, 3.05) is 33.7 Å². The first-order chi connectivity index (χ1) is 8.99. The zero-order valence-electron chi connectivity index (χ0n) is 12.7. The zero-order valence-corrected chi connectivity index (χ0v) is 12.7. The molecule has 1 aromatic carbocycles. The van der Waals surface area contributed by atoms with Crippen molar-refractivity contribution in [2.24, 2.45) is 0 Å². The topological polar surface area (TPSA) is 18.5 Å². The van der Waals surface area contributed by atoms with Gasteiger partial charge in [-0.15, -0.1) is 0 Å². The van der Waals surface area contributed by atoms with Gasteiger partial charge in [-0.05, 0) is 33.5 Å². The van der Waals surface area contributed by atoms with Crippen LogP contribution in [0.15, 0.2) is 30.3 Å². The zero-order chi connectivity index (χ0) is 13.9. The molecule has 1 atom stereocenters. The van der Waals surface area contributed by atoms with Crippen molar-refractivity contribution in [1.29, 1.82) is 0 Å². The Kier molecular flexibility index (Phi) is 4.61. The number of nitrogens with one attached hydrogen (secondary N) is 1. The van der Waals surface area contributed by atoms with E-state index in [0.717, 1.165) is 26.2 Å². The van der Waals surface area contributed by atoms with Gasteiger partial charge in [0.15, 0.2) is 0 Å². The first-order valence-electron chi connectivity index (χ1n) is 7.15. The molecular formula is C16H27N3. The molecule has 19 heavy (non-hydrogen) atoms. The smallest absolute Gasteiger partial charge is 0.0357 e. The van der Waals surface area contributed by atoms with Gasteiger partial charge in [0.2, 0.25) is 0 Å². The lowest BCUT2D eigenvalue weighted by molar-refractivity contribution is 0.0181. The van der Waals surface area contributed by atoms with Gasteiger partial charge in [0.05, 0.1) is 0 Å². The van der Waals surface area contributed by atoms with E-state index in [9.17, 15) is 0 Å². The highest BCUT2D eigenvalue weighted by atomic mass is 15.3. The lowest BCUT2D eigenvalue weighted by Gasteiger charge is -2.49. The Morgan fingerprint density at radius 2 is 1.95 bits per heavy atom. The lowest BCUT2D eigenvalue weighted by atomic mass is 9.95. The molecule has 0 aliphatic carbocycles. The van der Waals surface area contributed by atoms with Crippen molar-refractivity contribution < 1.29 is 0 Å². The van der Waals surface area contributed by atoms with E-state index in [1.54, 1.807) is 0 Å². The summed E-state index contributed by atoms with van der Waals surface area (Å²) in [7, 11) is 4.31. The predicted molar refractivity (Wildman–Crippen MR) is 81.3 cm³/mol. The molecular weight excluding hydrogens is 234 g/mol. The summed E-state index contributed by atoms with van der Waals surface area (Å²) in [5.74, 6) is 0. The highest BCUT2D eigenvalue weighted by Gasteiger charge is 2.36. The fourth-order valence-corrected chi connectivity index (χ4v) is 2.96. The van der Waals surface area contributed by atoms with Crippen molar-refractivity contribution >= 4 is 0 Å². The maximum Gasteiger partial charge on any atom is 0.0357 e. The first-order valence-corrected chi connectivity index (χ1v) is 7.15. The lowest BCUT2D eigenvalue weighted by Crippen LogP contribution is -2.64. The number of piperazine rings is 1. The van der Waals surface area contributed by atoms with Crippen LogP contribution < -0.4 is 5.32 Å². The van der Waals surface area contributed by atoms with Gasteiger partial charge in [-0.2, -0.15) is 0 Å². The molecule has 1 fully saturated rings. The SMILES string of the molecule is CN(C)CC1CNCC(C)(C)N1Cc1ccccc1. The minimum absolute atomic E-state index is 0.203. The number of hydrogen-bond donors (Lipinski definition) is 1. The fraction of sp³-hybridized carbons (Fsp3) is 0.625. The van der Waals surface area contributed by atoms with Crippen LogP contribution in [-0.2, 0) is 6.54 Å². The molecule has 0 spiro atoms. The summed E-state index contributed by atoms with van der Waals surface area (Å²) in [6.07, 6.45) is 0. The quantitative estimate of drug-likeness (QED) is 0.891. The summed E-state index contributed by atoms with van der Waals surface area (Å²) >= 11 is 0. The minimum atomic E-state index is 0.203. The molecule has 1 aromatic rings. The number of rotatable bonds is 4. The van der Waals surface area contributed by atoms with Crippen LogP contribution in [0, 0.1) is 0 Å². The standard InChI is InChI=1S/C16H27N3/c1-16(2)13-17-10-15(12-18(3)4)19(16)11-14-8-6-5-7-9-14/h5-9,15,17H,10-13H2,1-4H3. The normalized spacial score (nSPS) is 23.7. The maximum absolute atomic E-state index is 3.58.